The zero-order chi connectivity index (χ0) is 14.1. The van der Waals surface area contributed by atoms with Crippen molar-refractivity contribution in [2.75, 3.05) is 0 Å². The third-order valence-corrected chi connectivity index (χ3v) is 3.57. The first kappa shape index (κ1) is 21.8. The largest absolute Gasteiger partial charge is 3.00 e. The van der Waals surface area contributed by atoms with Crippen molar-refractivity contribution >= 4 is 10.8 Å². The Balaban J connectivity index is 0.00000161. The van der Waals surface area contributed by atoms with E-state index in [2.05, 4.69) is 25.1 Å². The summed E-state index contributed by atoms with van der Waals surface area (Å²) in [5.41, 5.74) is 4.15. The number of alkyl halides is 2. The number of fused-ring (bicyclic) bond motifs is 1. The van der Waals surface area contributed by atoms with Gasteiger partial charge >= 0.3 is 26.2 Å². The minimum atomic E-state index is -0.573. The number of rotatable bonds is 3. The molecule has 0 nitrogen and oxygen atoms in total. The Morgan fingerprint density at radius 3 is 2.09 bits per heavy atom. The molecule has 0 saturated carbocycles. The zero-order valence-electron chi connectivity index (χ0n) is 13.8. The van der Waals surface area contributed by atoms with E-state index in [4.69, 9.17) is 0 Å². The fourth-order valence-electron chi connectivity index (χ4n) is 2.71. The van der Waals surface area contributed by atoms with Crippen molar-refractivity contribution < 1.29 is 35.0 Å². The normalized spacial score (nSPS) is 9.70. The van der Waals surface area contributed by atoms with E-state index in [1.165, 1.54) is 5.56 Å². The van der Waals surface area contributed by atoms with Gasteiger partial charge in [0.1, 0.15) is 13.3 Å². The van der Waals surface area contributed by atoms with Crippen LogP contribution in [0.4, 0.5) is 8.78 Å². The molecule has 3 rings (SSSR count). The van der Waals surface area contributed by atoms with Crippen molar-refractivity contribution in [2.24, 2.45) is 0 Å². The summed E-state index contributed by atoms with van der Waals surface area (Å²) in [6.07, 6.45) is 0. The van der Waals surface area contributed by atoms with Crippen molar-refractivity contribution in [3.8, 4) is 11.1 Å². The van der Waals surface area contributed by atoms with Gasteiger partial charge in [0.25, 0.3) is 0 Å². The summed E-state index contributed by atoms with van der Waals surface area (Å²) in [4.78, 5) is 0. The molecule has 23 heavy (non-hydrogen) atoms. The molecule has 0 aliphatic carbocycles. The first-order valence-corrected chi connectivity index (χ1v) is 6.62. The Bertz CT molecular complexity index is 737. The van der Waals surface area contributed by atoms with E-state index in [1.54, 1.807) is 18.2 Å². The molecule has 1 radical (unpaired) electrons. The SMILES string of the molecule is Cc1cc2c(-c3cc(CF)cc(CF)c3)cccc2[cH-]1.[CH3-].[CH3-].[Zr+3]. The van der Waals surface area contributed by atoms with Crippen molar-refractivity contribution in [3.63, 3.8) is 0 Å². The van der Waals surface area contributed by atoms with Crippen molar-refractivity contribution in [2.45, 2.75) is 20.3 Å². The minimum Gasteiger partial charge on any atom is -0.358 e. The van der Waals surface area contributed by atoms with E-state index >= 15 is 0 Å². The Kier molecular flexibility index (Phi) is 8.70. The molecule has 0 aliphatic rings. The van der Waals surface area contributed by atoms with E-state index in [0.29, 0.717) is 11.1 Å². The molecule has 0 heterocycles. The molecule has 3 aromatic carbocycles. The maximum absolute atomic E-state index is 12.9. The van der Waals surface area contributed by atoms with Gasteiger partial charge in [0.2, 0.25) is 0 Å². The first-order valence-electron chi connectivity index (χ1n) is 6.62. The summed E-state index contributed by atoms with van der Waals surface area (Å²) in [7, 11) is 0. The third-order valence-electron chi connectivity index (χ3n) is 3.57. The summed E-state index contributed by atoms with van der Waals surface area (Å²) in [5.74, 6) is 0. The second-order valence-corrected chi connectivity index (χ2v) is 5.15. The predicted octanol–water partition coefficient (Wildman–Crippen LogP) is 6.37. The fraction of sp³-hybridized carbons (Fsp3) is 0.150. The van der Waals surface area contributed by atoms with Gasteiger partial charge in [-0.25, -0.2) is 8.78 Å². The third kappa shape index (κ3) is 4.41. The van der Waals surface area contributed by atoms with Crippen molar-refractivity contribution in [3.05, 3.63) is 80.1 Å². The second kappa shape index (κ2) is 9.18. The monoisotopic (exact) mass is 389 g/mol. The second-order valence-electron chi connectivity index (χ2n) is 5.15. The van der Waals surface area contributed by atoms with Crippen LogP contribution in [0.25, 0.3) is 21.9 Å². The quantitative estimate of drug-likeness (QED) is 0.456. The molecule has 0 unspecified atom stereocenters. The van der Waals surface area contributed by atoms with Gasteiger partial charge in [0.15, 0.2) is 0 Å². The zero-order valence-corrected chi connectivity index (χ0v) is 16.2. The van der Waals surface area contributed by atoms with Gasteiger partial charge in [-0.05, 0) is 28.8 Å². The summed E-state index contributed by atoms with van der Waals surface area (Å²) in [5, 5.41) is 2.29. The Labute approximate surface area is 157 Å². The molecule has 0 atom stereocenters. The Hall–Kier alpha value is -1.21. The molecule has 0 spiro atoms. The van der Waals surface area contributed by atoms with Crippen LogP contribution < -0.4 is 0 Å². The standard InChI is InChI=1S/C18H15F2.2CH3.Zr/c1-12-5-15-3-2-4-17(18(15)6-12)16-8-13(10-19)7-14(9-16)11-20;;;/h2-9H,10-11H2,1H3;2*1H3;/q3*-1;+3. The topological polar surface area (TPSA) is 0 Å². The molecule has 0 N–H and O–H groups in total. The van der Waals surface area contributed by atoms with E-state index < -0.39 is 13.3 Å². The maximum Gasteiger partial charge on any atom is 3.00 e. The molecular formula is C20H21F2Zr. The first-order chi connectivity index (χ1) is 9.71. The van der Waals surface area contributed by atoms with Gasteiger partial charge in [0.05, 0.1) is 0 Å². The molecule has 0 fully saturated rings. The summed E-state index contributed by atoms with van der Waals surface area (Å²) in [6, 6.07) is 15.5. The maximum atomic E-state index is 12.9. The molecule has 0 aromatic heterocycles. The van der Waals surface area contributed by atoms with Gasteiger partial charge in [-0.3, -0.25) is 0 Å². The molecule has 119 valence electrons. The van der Waals surface area contributed by atoms with Crippen molar-refractivity contribution in [1.82, 2.24) is 0 Å². The summed E-state index contributed by atoms with van der Waals surface area (Å²) in [6.45, 7) is 0.905. The average Bonchev–Trinajstić information content (AvgIpc) is 2.86. The van der Waals surface area contributed by atoms with Crippen LogP contribution in [-0.2, 0) is 39.6 Å². The van der Waals surface area contributed by atoms with E-state index in [9.17, 15) is 8.78 Å². The van der Waals surface area contributed by atoms with Crippen LogP contribution in [0.2, 0.25) is 0 Å². The summed E-state index contributed by atoms with van der Waals surface area (Å²) < 4.78 is 25.9. The molecule has 0 bridgehead atoms. The van der Waals surface area contributed by atoms with Gasteiger partial charge in [-0.2, -0.15) is 6.07 Å². The molecule has 3 aromatic rings. The molecule has 0 saturated heterocycles. The van der Waals surface area contributed by atoms with Crippen LogP contribution in [0.3, 0.4) is 0 Å². The van der Waals surface area contributed by atoms with Crippen molar-refractivity contribution in [1.29, 1.82) is 0 Å². The molecule has 3 heteroatoms. The predicted molar refractivity (Wildman–Crippen MR) is 92.2 cm³/mol. The number of hydrogen-bond acceptors (Lipinski definition) is 0. The van der Waals surface area contributed by atoms with Crippen LogP contribution in [0, 0.1) is 21.8 Å². The minimum absolute atomic E-state index is 0. The number of aryl methyl sites for hydroxylation is 1. The van der Waals surface area contributed by atoms with E-state index in [-0.39, 0.29) is 41.1 Å². The summed E-state index contributed by atoms with van der Waals surface area (Å²) >= 11 is 0. The number of hydrogen-bond donors (Lipinski definition) is 0. The number of benzene rings is 2. The van der Waals surface area contributed by atoms with Gasteiger partial charge in [0, 0.05) is 0 Å². The molecule has 0 amide bonds. The van der Waals surface area contributed by atoms with Crippen LogP contribution in [-0.4, -0.2) is 0 Å². The van der Waals surface area contributed by atoms with E-state index in [1.807, 2.05) is 12.1 Å². The Morgan fingerprint density at radius 2 is 1.52 bits per heavy atom. The van der Waals surface area contributed by atoms with Crippen LogP contribution in [0.5, 0.6) is 0 Å². The smallest absolute Gasteiger partial charge is 0.358 e. The van der Waals surface area contributed by atoms with Crippen LogP contribution >= 0.6 is 0 Å². The average molecular weight is 391 g/mol. The van der Waals surface area contributed by atoms with Gasteiger partial charge < -0.3 is 14.9 Å². The Morgan fingerprint density at radius 1 is 0.913 bits per heavy atom. The van der Waals surface area contributed by atoms with E-state index in [0.717, 1.165) is 21.9 Å². The van der Waals surface area contributed by atoms with Crippen LogP contribution in [0.1, 0.15) is 16.7 Å². The van der Waals surface area contributed by atoms with Crippen LogP contribution in [0.15, 0.2) is 48.5 Å². The molecular weight excluding hydrogens is 369 g/mol. The van der Waals surface area contributed by atoms with Gasteiger partial charge in [-0.15, -0.1) is 34.5 Å². The van der Waals surface area contributed by atoms with Gasteiger partial charge in [-0.1, -0.05) is 24.6 Å². The number of halogens is 2. The molecule has 0 aliphatic heterocycles. The fourth-order valence-corrected chi connectivity index (χ4v) is 2.71.